The highest BCUT2D eigenvalue weighted by atomic mass is 79.9. The molecule has 0 amide bonds. The topological polar surface area (TPSA) is 22.1 Å². The molecule has 20 heavy (non-hydrogen) atoms. The van der Waals surface area contributed by atoms with Crippen molar-refractivity contribution in [2.24, 2.45) is 0 Å². The molecule has 0 spiro atoms. The molecule has 0 aliphatic carbocycles. The molecule has 0 unspecified atom stereocenters. The number of nitrogens with zero attached hydrogens (tertiary/aromatic N) is 1. The van der Waals surface area contributed by atoms with Gasteiger partial charge in [-0.05, 0) is 30.3 Å². The zero-order valence-corrected chi connectivity index (χ0v) is 12.1. The first kappa shape index (κ1) is 13.1. The minimum Gasteiger partial charge on any atom is -0.489 e. The molecule has 0 aliphatic heterocycles. The number of hydrogen-bond acceptors (Lipinski definition) is 2. The van der Waals surface area contributed by atoms with Crippen LogP contribution in [0.4, 0.5) is 4.39 Å². The maximum absolute atomic E-state index is 13.7. The first-order valence-electron chi connectivity index (χ1n) is 6.14. The van der Waals surface area contributed by atoms with Crippen LogP contribution in [0.15, 0.2) is 59.2 Å². The monoisotopic (exact) mass is 331 g/mol. The van der Waals surface area contributed by atoms with Crippen LogP contribution in [0.1, 0.15) is 5.56 Å². The quantitative estimate of drug-likeness (QED) is 0.693. The number of benzene rings is 2. The van der Waals surface area contributed by atoms with E-state index in [1.807, 2.05) is 30.3 Å². The van der Waals surface area contributed by atoms with E-state index in [2.05, 4.69) is 20.9 Å². The van der Waals surface area contributed by atoms with Crippen LogP contribution >= 0.6 is 15.9 Å². The van der Waals surface area contributed by atoms with Gasteiger partial charge in [0, 0.05) is 27.7 Å². The van der Waals surface area contributed by atoms with Gasteiger partial charge in [-0.2, -0.15) is 0 Å². The zero-order valence-electron chi connectivity index (χ0n) is 10.5. The van der Waals surface area contributed by atoms with E-state index in [4.69, 9.17) is 4.74 Å². The van der Waals surface area contributed by atoms with Crippen molar-refractivity contribution in [3.8, 4) is 5.75 Å². The molecule has 0 saturated heterocycles. The molecule has 2 aromatic carbocycles. The third-order valence-corrected chi connectivity index (χ3v) is 3.48. The van der Waals surface area contributed by atoms with Crippen LogP contribution in [0.2, 0.25) is 0 Å². The van der Waals surface area contributed by atoms with Crippen molar-refractivity contribution >= 4 is 26.8 Å². The van der Waals surface area contributed by atoms with Gasteiger partial charge in [0.1, 0.15) is 18.2 Å². The van der Waals surface area contributed by atoms with Gasteiger partial charge in [0.25, 0.3) is 0 Å². The molecule has 0 atom stereocenters. The Morgan fingerprint density at radius 2 is 2.00 bits per heavy atom. The van der Waals surface area contributed by atoms with Crippen molar-refractivity contribution in [1.29, 1.82) is 0 Å². The summed E-state index contributed by atoms with van der Waals surface area (Å²) in [6.07, 6.45) is 1.74. The Bertz CT molecular complexity index is 760. The van der Waals surface area contributed by atoms with Crippen LogP contribution in [0, 0.1) is 5.82 Å². The second kappa shape index (κ2) is 5.59. The standard InChI is InChI=1S/C16H11BrFNO/c17-13-5-3-12(15(18)8-13)10-20-14-6-4-11-2-1-7-19-16(11)9-14/h1-9H,10H2. The molecular weight excluding hydrogens is 321 g/mol. The summed E-state index contributed by atoms with van der Waals surface area (Å²) in [5.41, 5.74) is 1.38. The van der Waals surface area contributed by atoms with Gasteiger partial charge in [0.15, 0.2) is 0 Å². The molecule has 0 aliphatic rings. The predicted molar refractivity (Wildman–Crippen MR) is 80.2 cm³/mol. The highest BCUT2D eigenvalue weighted by Crippen LogP contribution is 2.21. The Balaban J connectivity index is 1.79. The van der Waals surface area contributed by atoms with Crippen LogP contribution in [0.25, 0.3) is 10.9 Å². The highest BCUT2D eigenvalue weighted by Gasteiger charge is 2.04. The first-order chi connectivity index (χ1) is 9.72. The van der Waals surface area contributed by atoms with Crippen molar-refractivity contribution in [2.75, 3.05) is 0 Å². The molecule has 3 rings (SSSR count). The fraction of sp³-hybridized carbons (Fsp3) is 0.0625. The molecule has 100 valence electrons. The Kier molecular flexibility index (Phi) is 3.65. The van der Waals surface area contributed by atoms with Crippen molar-refractivity contribution in [3.05, 3.63) is 70.6 Å². The number of aromatic nitrogens is 1. The Hall–Kier alpha value is -1.94. The van der Waals surface area contributed by atoms with E-state index in [0.29, 0.717) is 15.8 Å². The van der Waals surface area contributed by atoms with Gasteiger partial charge < -0.3 is 4.74 Å². The summed E-state index contributed by atoms with van der Waals surface area (Å²) in [5, 5.41) is 1.05. The lowest BCUT2D eigenvalue weighted by Crippen LogP contribution is -1.98. The molecule has 2 nitrogen and oxygen atoms in total. The molecule has 0 fully saturated rings. The van der Waals surface area contributed by atoms with Gasteiger partial charge in [-0.3, -0.25) is 4.98 Å². The lowest BCUT2D eigenvalue weighted by molar-refractivity contribution is 0.300. The molecule has 0 N–H and O–H groups in total. The lowest BCUT2D eigenvalue weighted by atomic mass is 10.2. The average Bonchev–Trinajstić information content (AvgIpc) is 2.46. The summed E-state index contributed by atoms with van der Waals surface area (Å²) in [6.45, 7) is 0.192. The first-order valence-corrected chi connectivity index (χ1v) is 6.93. The second-order valence-electron chi connectivity index (χ2n) is 4.38. The van der Waals surface area contributed by atoms with Crippen molar-refractivity contribution in [3.63, 3.8) is 0 Å². The molecule has 1 aromatic heterocycles. The SMILES string of the molecule is Fc1cc(Br)ccc1COc1ccc2cccnc2c1. The lowest BCUT2D eigenvalue weighted by Gasteiger charge is -2.08. The Morgan fingerprint density at radius 1 is 1.10 bits per heavy atom. The van der Waals surface area contributed by atoms with Gasteiger partial charge in [-0.15, -0.1) is 0 Å². The molecule has 4 heteroatoms. The second-order valence-corrected chi connectivity index (χ2v) is 5.30. The van der Waals surface area contributed by atoms with E-state index >= 15 is 0 Å². The molecule has 0 bridgehead atoms. The molecule has 0 radical (unpaired) electrons. The molecular formula is C16H11BrFNO. The maximum atomic E-state index is 13.7. The van der Waals surface area contributed by atoms with Crippen molar-refractivity contribution < 1.29 is 9.13 Å². The zero-order chi connectivity index (χ0) is 13.9. The fourth-order valence-corrected chi connectivity index (χ4v) is 2.27. The van der Waals surface area contributed by atoms with E-state index in [-0.39, 0.29) is 12.4 Å². The van der Waals surface area contributed by atoms with Gasteiger partial charge in [0.05, 0.1) is 5.52 Å². The molecule has 3 aromatic rings. The van der Waals surface area contributed by atoms with Crippen molar-refractivity contribution in [2.45, 2.75) is 6.61 Å². The summed E-state index contributed by atoms with van der Waals surface area (Å²) < 4.78 is 20.0. The number of halogens is 2. The van der Waals surface area contributed by atoms with Gasteiger partial charge >= 0.3 is 0 Å². The Morgan fingerprint density at radius 3 is 2.85 bits per heavy atom. The van der Waals surface area contributed by atoms with Gasteiger partial charge in [-0.25, -0.2) is 4.39 Å². The minimum atomic E-state index is -0.279. The van der Waals surface area contributed by atoms with E-state index in [1.165, 1.54) is 6.07 Å². The van der Waals surface area contributed by atoms with Gasteiger partial charge in [-0.1, -0.05) is 28.1 Å². The summed E-state index contributed by atoms with van der Waals surface area (Å²) in [5.74, 6) is 0.400. The normalized spacial score (nSPS) is 10.7. The number of pyridine rings is 1. The van der Waals surface area contributed by atoms with E-state index in [1.54, 1.807) is 18.3 Å². The largest absolute Gasteiger partial charge is 0.489 e. The number of hydrogen-bond donors (Lipinski definition) is 0. The van der Waals surface area contributed by atoms with Gasteiger partial charge in [0.2, 0.25) is 0 Å². The van der Waals surface area contributed by atoms with Crippen LogP contribution < -0.4 is 4.74 Å². The summed E-state index contributed by atoms with van der Waals surface area (Å²) >= 11 is 3.23. The number of fused-ring (bicyclic) bond motifs is 1. The van der Waals surface area contributed by atoms with Crippen LogP contribution in [0.3, 0.4) is 0 Å². The summed E-state index contributed by atoms with van der Waals surface area (Å²) in [6, 6.07) is 14.5. The third kappa shape index (κ3) is 2.80. The molecule has 0 saturated carbocycles. The van der Waals surface area contributed by atoms with E-state index in [0.717, 1.165) is 10.9 Å². The highest BCUT2D eigenvalue weighted by molar-refractivity contribution is 9.10. The number of ether oxygens (including phenoxy) is 1. The van der Waals surface area contributed by atoms with Crippen LogP contribution in [-0.2, 0) is 6.61 Å². The van der Waals surface area contributed by atoms with Crippen molar-refractivity contribution in [1.82, 2.24) is 4.98 Å². The smallest absolute Gasteiger partial charge is 0.130 e. The van der Waals surface area contributed by atoms with E-state index < -0.39 is 0 Å². The predicted octanol–water partition coefficient (Wildman–Crippen LogP) is 4.72. The fourth-order valence-electron chi connectivity index (χ4n) is 1.94. The summed E-state index contributed by atoms with van der Waals surface area (Å²) in [7, 11) is 0. The van der Waals surface area contributed by atoms with Crippen LogP contribution in [-0.4, -0.2) is 4.98 Å². The Labute approximate surface area is 124 Å². The third-order valence-electron chi connectivity index (χ3n) is 2.99. The molecule has 1 heterocycles. The average molecular weight is 332 g/mol. The summed E-state index contributed by atoms with van der Waals surface area (Å²) in [4.78, 5) is 4.27. The number of rotatable bonds is 3. The minimum absolute atomic E-state index is 0.192. The van der Waals surface area contributed by atoms with E-state index in [9.17, 15) is 4.39 Å². The maximum Gasteiger partial charge on any atom is 0.130 e. The van der Waals surface area contributed by atoms with Crippen LogP contribution in [0.5, 0.6) is 5.75 Å².